The van der Waals surface area contributed by atoms with Gasteiger partial charge in [-0.05, 0) is 26.6 Å². The van der Waals surface area contributed by atoms with Gasteiger partial charge in [-0.25, -0.2) is 0 Å². The van der Waals surface area contributed by atoms with E-state index in [9.17, 15) is 4.79 Å². The molecule has 2 N–H and O–H groups in total. The third-order valence-corrected chi connectivity index (χ3v) is 3.09. The van der Waals surface area contributed by atoms with Crippen molar-refractivity contribution >= 4 is 5.97 Å². The minimum atomic E-state index is -0.718. The van der Waals surface area contributed by atoms with E-state index in [0.717, 1.165) is 32.7 Å². The van der Waals surface area contributed by atoms with Crippen LogP contribution in [0.5, 0.6) is 0 Å². The van der Waals surface area contributed by atoms with Crippen LogP contribution in [0, 0.1) is 5.92 Å². The lowest BCUT2D eigenvalue weighted by atomic mass is 10.2. The Bertz CT molecular complexity index is 246. The monoisotopic (exact) mass is 243 g/mol. The Balaban J connectivity index is 2.46. The Hall–Kier alpha value is -0.650. The molecule has 1 rings (SSSR count). The summed E-state index contributed by atoms with van der Waals surface area (Å²) in [5.41, 5.74) is 0. The van der Waals surface area contributed by atoms with E-state index in [2.05, 4.69) is 36.1 Å². The predicted molar refractivity (Wildman–Crippen MR) is 68.2 cm³/mol. The van der Waals surface area contributed by atoms with Crippen molar-refractivity contribution in [2.75, 3.05) is 46.8 Å². The maximum absolute atomic E-state index is 10.8. The summed E-state index contributed by atoms with van der Waals surface area (Å²) in [6, 6.07) is 0.0830. The summed E-state index contributed by atoms with van der Waals surface area (Å²) in [6.45, 7) is 7.04. The van der Waals surface area contributed by atoms with Gasteiger partial charge in [0, 0.05) is 32.2 Å². The number of aliphatic carboxylic acids is 1. The molecule has 0 radical (unpaired) electrons. The van der Waals surface area contributed by atoms with Crippen LogP contribution in [0.15, 0.2) is 0 Å². The van der Waals surface area contributed by atoms with Gasteiger partial charge in [0.05, 0.1) is 6.42 Å². The van der Waals surface area contributed by atoms with Gasteiger partial charge in [0.2, 0.25) is 0 Å². The van der Waals surface area contributed by atoms with E-state index in [-0.39, 0.29) is 12.5 Å². The number of likely N-dealkylation sites (N-methyl/N-ethyl adjacent to an activating group) is 1. The zero-order valence-corrected chi connectivity index (χ0v) is 11.1. The van der Waals surface area contributed by atoms with Crippen LogP contribution in [-0.2, 0) is 4.79 Å². The number of hydrogen-bond donors (Lipinski definition) is 2. The number of carboxylic acids is 1. The van der Waals surface area contributed by atoms with Gasteiger partial charge in [-0.3, -0.25) is 4.79 Å². The molecule has 5 nitrogen and oxygen atoms in total. The highest BCUT2D eigenvalue weighted by Crippen LogP contribution is 2.08. The summed E-state index contributed by atoms with van der Waals surface area (Å²) >= 11 is 0. The van der Waals surface area contributed by atoms with Crippen molar-refractivity contribution in [2.24, 2.45) is 5.92 Å². The molecule has 2 atom stereocenters. The van der Waals surface area contributed by atoms with Gasteiger partial charge in [0.1, 0.15) is 0 Å². The highest BCUT2D eigenvalue weighted by atomic mass is 16.4. The van der Waals surface area contributed by atoms with E-state index < -0.39 is 5.97 Å². The Morgan fingerprint density at radius 3 is 2.76 bits per heavy atom. The highest BCUT2D eigenvalue weighted by molar-refractivity contribution is 5.67. The second-order valence-electron chi connectivity index (χ2n) is 5.37. The van der Waals surface area contributed by atoms with Crippen molar-refractivity contribution in [1.29, 1.82) is 0 Å². The molecule has 2 unspecified atom stereocenters. The van der Waals surface area contributed by atoms with Gasteiger partial charge in [-0.1, -0.05) is 6.92 Å². The molecule has 0 aromatic rings. The van der Waals surface area contributed by atoms with Crippen LogP contribution in [0.3, 0.4) is 0 Å². The van der Waals surface area contributed by atoms with E-state index >= 15 is 0 Å². The quantitative estimate of drug-likeness (QED) is 0.708. The first-order chi connectivity index (χ1) is 7.97. The zero-order chi connectivity index (χ0) is 12.8. The van der Waals surface area contributed by atoms with Crippen molar-refractivity contribution in [2.45, 2.75) is 19.4 Å². The fraction of sp³-hybridized carbons (Fsp3) is 0.917. The van der Waals surface area contributed by atoms with Gasteiger partial charge in [-0.15, -0.1) is 0 Å². The fourth-order valence-corrected chi connectivity index (χ4v) is 2.20. The molecular formula is C12H25N3O2. The van der Waals surface area contributed by atoms with E-state index in [1.165, 1.54) is 0 Å². The molecule has 0 amide bonds. The minimum absolute atomic E-state index is 0.0830. The molecule has 1 fully saturated rings. The van der Waals surface area contributed by atoms with Crippen molar-refractivity contribution in [3.63, 3.8) is 0 Å². The molecule has 5 heteroatoms. The second kappa shape index (κ2) is 6.93. The summed E-state index contributed by atoms with van der Waals surface area (Å²) < 4.78 is 0. The maximum atomic E-state index is 10.8. The number of rotatable bonds is 5. The Labute approximate surface area is 104 Å². The van der Waals surface area contributed by atoms with Crippen LogP contribution >= 0.6 is 0 Å². The topological polar surface area (TPSA) is 55.8 Å². The zero-order valence-electron chi connectivity index (χ0n) is 11.1. The summed E-state index contributed by atoms with van der Waals surface area (Å²) in [6.07, 6.45) is 0.213. The standard InChI is InChI=1S/C12H25N3O2/c1-10-7-13-11(6-12(16)17)9-15(8-10)5-4-14(2)3/h10-11,13H,4-9H2,1-3H3,(H,16,17). The van der Waals surface area contributed by atoms with Gasteiger partial charge in [-0.2, -0.15) is 0 Å². The molecule has 0 spiro atoms. The second-order valence-corrected chi connectivity index (χ2v) is 5.37. The van der Waals surface area contributed by atoms with Crippen molar-refractivity contribution in [3.8, 4) is 0 Å². The number of nitrogens with zero attached hydrogens (tertiary/aromatic N) is 2. The molecule has 1 aliphatic rings. The largest absolute Gasteiger partial charge is 0.481 e. The molecule has 1 heterocycles. The van der Waals surface area contributed by atoms with Crippen LogP contribution in [0.1, 0.15) is 13.3 Å². The SMILES string of the molecule is CC1CNC(CC(=O)O)CN(CCN(C)C)C1. The molecule has 100 valence electrons. The molecule has 0 aliphatic carbocycles. The Morgan fingerprint density at radius 2 is 2.18 bits per heavy atom. The Kier molecular flexibility index (Phi) is 5.88. The third-order valence-electron chi connectivity index (χ3n) is 3.09. The smallest absolute Gasteiger partial charge is 0.304 e. The number of nitrogens with one attached hydrogen (secondary N) is 1. The van der Waals surface area contributed by atoms with Gasteiger partial charge in [0.15, 0.2) is 0 Å². The molecule has 17 heavy (non-hydrogen) atoms. The van der Waals surface area contributed by atoms with Crippen molar-refractivity contribution < 1.29 is 9.90 Å². The number of carbonyl (C=O) groups is 1. The minimum Gasteiger partial charge on any atom is -0.481 e. The van der Waals surface area contributed by atoms with Crippen molar-refractivity contribution in [1.82, 2.24) is 15.1 Å². The van der Waals surface area contributed by atoms with Crippen LogP contribution < -0.4 is 5.32 Å². The van der Waals surface area contributed by atoms with Crippen LogP contribution in [0.4, 0.5) is 0 Å². The molecule has 0 saturated carbocycles. The van der Waals surface area contributed by atoms with Gasteiger partial charge in [0.25, 0.3) is 0 Å². The summed E-state index contributed by atoms with van der Waals surface area (Å²) in [7, 11) is 4.13. The first kappa shape index (κ1) is 14.4. The van der Waals surface area contributed by atoms with Gasteiger partial charge < -0.3 is 20.2 Å². The lowest BCUT2D eigenvalue weighted by molar-refractivity contribution is -0.137. The van der Waals surface area contributed by atoms with E-state index in [1.54, 1.807) is 0 Å². The lowest BCUT2D eigenvalue weighted by Gasteiger charge is -2.25. The average Bonchev–Trinajstić information content (AvgIpc) is 2.37. The molecule has 1 saturated heterocycles. The summed E-state index contributed by atoms with van der Waals surface area (Å²) in [4.78, 5) is 15.3. The van der Waals surface area contributed by atoms with Crippen LogP contribution in [-0.4, -0.2) is 73.7 Å². The third kappa shape index (κ3) is 6.00. The molecule has 0 aromatic carbocycles. The first-order valence-electron chi connectivity index (χ1n) is 6.29. The van der Waals surface area contributed by atoms with Gasteiger partial charge >= 0.3 is 5.97 Å². The predicted octanol–water partition coefficient (Wildman–Crippen LogP) is -0.0674. The van der Waals surface area contributed by atoms with Crippen LogP contribution in [0.25, 0.3) is 0 Å². The number of hydrogen-bond acceptors (Lipinski definition) is 4. The van der Waals surface area contributed by atoms with Crippen LogP contribution in [0.2, 0.25) is 0 Å². The fourth-order valence-electron chi connectivity index (χ4n) is 2.20. The van der Waals surface area contributed by atoms with E-state index in [0.29, 0.717) is 5.92 Å². The Morgan fingerprint density at radius 1 is 1.47 bits per heavy atom. The number of carboxylic acid groups (broad SMARTS) is 1. The average molecular weight is 243 g/mol. The lowest BCUT2D eigenvalue weighted by Crippen LogP contribution is -2.41. The van der Waals surface area contributed by atoms with E-state index in [4.69, 9.17) is 5.11 Å². The molecular weight excluding hydrogens is 218 g/mol. The summed E-state index contributed by atoms with van der Waals surface area (Å²) in [5.74, 6) is -0.138. The molecule has 0 aromatic heterocycles. The normalized spacial score (nSPS) is 27.1. The first-order valence-corrected chi connectivity index (χ1v) is 6.29. The van der Waals surface area contributed by atoms with Crippen molar-refractivity contribution in [3.05, 3.63) is 0 Å². The molecule has 0 bridgehead atoms. The summed E-state index contributed by atoms with van der Waals surface area (Å²) in [5, 5.41) is 12.2. The maximum Gasteiger partial charge on any atom is 0.304 e. The van der Waals surface area contributed by atoms with E-state index in [1.807, 2.05) is 0 Å². The molecule has 1 aliphatic heterocycles. The highest BCUT2D eigenvalue weighted by Gasteiger charge is 2.22.